The third-order valence-electron chi connectivity index (χ3n) is 20.6. The molecule has 0 aliphatic carbocycles. The van der Waals surface area contributed by atoms with E-state index in [1.807, 2.05) is 38.1 Å². The van der Waals surface area contributed by atoms with Gasteiger partial charge in [-0.25, -0.2) is 4.79 Å². The number of benzene rings is 6. The first kappa shape index (κ1) is 86.4. The Labute approximate surface area is 673 Å². The fraction of sp³-hybridized carbons (Fsp3) is 0.430. The Kier molecular flexibility index (Phi) is 27.4. The molecule has 622 valence electrons. The number of ether oxygens (including phenoxy) is 6. The SMILES string of the molecule is CCCCc1ccc(CNCC(=O)N[C@@]2(C)C[C@H](O[C@H]3[C@H](Oc4c5cc6cc4Oc4ccc(cc4Cl)[C@@H](O)[C@@H](NC(=O)[C@@H](CC(C)C)NC)C(=O)N[C@@H](CC(N)=O)C(=O)N[C@H]6C(=O)N[C@H]4C(=O)N[C@H](C(=O)N[C@H](C(=O)O)c6cc(O)cc(O)c6-c6cc4ccc6O)[C@H](O)c4ccc(c(Cl)c4)O5)O[C@H](CO)[C@@H](O)[C@@H]3O)O[C@@H](C)[C@H]2O)cc1. The summed E-state index contributed by atoms with van der Waals surface area (Å²) in [4.78, 5) is 132. The minimum Gasteiger partial charge on any atom is -0.508 e. The maximum atomic E-state index is 16.2. The molecule has 0 spiro atoms. The minimum absolute atomic E-state index is 0.112. The molecular formula is C79H92Cl2N10O25. The molecule has 18 atom stereocenters. The molecule has 13 rings (SSSR count). The molecule has 7 heterocycles. The van der Waals surface area contributed by atoms with Crippen LogP contribution in [0.25, 0.3) is 11.1 Å². The molecule has 0 radical (unpaired) electrons. The van der Waals surface area contributed by atoms with Gasteiger partial charge >= 0.3 is 5.97 Å². The number of nitrogens with two attached hydrogens (primary N) is 1. The van der Waals surface area contributed by atoms with Crippen LogP contribution < -0.4 is 67.8 Å². The first-order valence-electron chi connectivity index (χ1n) is 37.3. The first-order valence-corrected chi connectivity index (χ1v) is 38.1. The van der Waals surface area contributed by atoms with Crippen LogP contribution in [0.3, 0.4) is 0 Å². The summed E-state index contributed by atoms with van der Waals surface area (Å²) >= 11 is 14.3. The molecule has 116 heavy (non-hydrogen) atoms. The van der Waals surface area contributed by atoms with Crippen molar-refractivity contribution in [3.05, 3.63) is 152 Å². The average Bonchev–Trinajstić information content (AvgIpc) is 0.766. The van der Waals surface area contributed by atoms with Crippen molar-refractivity contribution in [2.24, 2.45) is 11.7 Å². The largest absolute Gasteiger partial charge is 0.508 e. The van der Waals surface area contributed by atoms with Crippen molar-refractivity contribution in [1.82, 2.24) is 47.9 Å². The molecule has 0 aromatic heterocycles. The van der Waals surface area contributed by atoms with Gasteiger partial charge in [0.2, 0.25) is 59.3 Å². The highest BCUT2D eigenvalue weighted by molar-refractivity contribution is 6.32. The summed E-state index contributed by atoms with van der Waals surface area (Å²) in [6, 6.07) is 7.05. The van der Waals surface area contributed by atoms with Gasteiger partial charge in [0.25, 0.3) is 0 Å². The number of amides is 8. The predicted octanol–water partition coefficient (Wildman–Crippen LogP) is 2.40. The van der Waals surface area contributed by atoms with Crippen molar-refractivity contribution < 1.29 is 123 Å². The Morgan fingerprint density at radius 1 is 0.698 bits per heavy atom. The van der Waals surface area contributed by atoms with Crippen LogP contribution in [0.4, 0.5) is 0 Å². The number of nitrogens with one attached hydrogen (secondary N) is 9. The van der Waals surface area contributed by atoms with Crippen LogP contribution in [0.2, 0.25) is 10.0 Å². The van der Waals surface area contributed by atoms with E-state index in [1.54, 1.807) is 0 Å². The molecule has 6 aromatic carbocycles. The number of fused-ring (bicyclic) bond motifs is 15. The molecule has 2 saturated heterocycles. The van der Waals surface area contributed by atoms with Gasteiger partial charge in [0, 0.05) is 35.7 Å². The number of unbranched alkanes of at least 4 members (excludes halogenated alkanes) is 1. The van der Waals surface area contributed by atoms with Gasteiger partial charge in [-0.3, -0.25) is 38.4 Å². The number of hydrogen-bond acceptors (Lipinski definition) is 26. The number of likely N-dealkylation sites (N-methyl/N-ethyl adjacent to an activating group) is 1. The zero-order valence-corrected chi connectivity index (χ0v) is 65.0. The fourth-order valence-electron chi connectivity index (χ4n) is 14.5. The monoisotopic (exact) mass is 1650 g/mol. The second-order valence-corrected chi connectivity index (χ2v) is 30.5. The summed E-state index contributed by atoms with van der Waals surface area (Å²) in [5.74, 6) is -16.8. The van der Waals surface area contributed by atoms with E-state index in [9.17, 15) is 79.8 Å². The standard InChI is InChI=1S/C79H92Cl2N10O25/c1-7-8-9-35-10-12-36(13-11-35)30-84-31-56(97)91-79(5)29-57(111-34(4)70(79)102)115-69-67(101)66(100)54(32-92)114-78(69)116-68-52-24-40-25-53(68)113-51-19-16-39(23-45(51)81)65(99)63-76(108)88-61(77(109)110)43-26-41(93)27-49(95)58(43)42-21-37(14-17-48(42)94)59(73(105)90-63)87-74(106)60(40)86-72(104)47(28-55(82)96)85-75(107)62(89-71(103)46(83-6)20-33(2)3)64(98)38-15-18-50(112-52)44(80)22-38/h10-19,21-27,33-34,46-47,54,57,59-67,69-70,78,83-84,92-95,98-102H,7-9,20,28-32H2,1-6H3,(H2,82,96)(H,85,107)(H,86,104)(H,87,106)(H,88,108)(H,89,103)(H,90,105)(H,91,97)(H,109,110)/t34-,46+,47-,54+,57-,59+,60+,61-,62+,63-,64+,65+,66+,67-,69+,70+,78-,79-/m0/s1. The molecule has 7 aliphatic heterocycles. The number of primary amides is 1. The smallest absolute Gasteiger partial charge is 0.330 e. The summed E-state index contributed by atoms with van der Waals surface area (Å²) in [7, 11) is 1.47. The molecule has 8 amide bonds. The Morgan fingerprint density at radius 2 is 1.32 bits per heavy atom. The number of carboxylic acids is 1. The minimum atomic E-state index is -2.38. The van der Waals surface area contributed by atoms with Gasteiger partial charge in [-0.1, -0.05) is 92.9 Å². The number of phenolic OH excluding ortho intramolecular Hbond substituents is 3. The molecule has 21 N–H and O–H groups in total. The number of halogens is 2. The Hall–Kier alpha value is -10.5. The summed E-state index contributed by atoms with van der Waals surface area (Å²) < 4.78 is 39.2. The van der Waals surface area contributed by atoms with Crippen LogP contribution in [0.15, 0.2) is 103 Å². The second kappa shape index (κ2) is 36.8. The van der Waals surface area contributed by atoms with Crippen LogP contribution in [0.1, 0.15) is 136 Å². The van der Waals surface area contributed by atoms with Crippen molar-refractivity contribution in [2.45, 2.75) is 189 Å². The van der Waals surface area contributed by atoms with Crippen molar-refractivity contribution in [3.8, 4) is 57.1 Å². The Balaban J connectivity index is 1.09. The summed E-state index contributed by atoms with van der Waals surface area (Å²) in [5.41, 5.74) is 3.36. The van der Waals surface area contributed by atoms with Gasteiger partial charge in [-0.15, -0.1) is 0 Å². The van der Waals surface area contributed by atoms with Crippen LogP contribution in [-0.2, 0) is 70.3 Å². The number of aliphatic hydroxyl groups excluding tert-OH is 6. The van der Waals surface area contributed by atoms with Crippen molar-refractivity contribution in [1.29, 1.82) is 0 Å². The van der Waals surface area contributed by atoms with E-state index < -0.39 is 243 Å². The van der Waals surface area contributed by atoms with Crippen molar-refractivity contribution in [3.63, 3.8) is 0 Å². The summed E-state index contributed by atoms with van der Waals surface area (Å²) in [6.45, 7) is 7.83. The number of aromatic hydroxyl groups is 3. The summed E-state index contributed by atoms with van der Waals surface area (Å²) in [5, 5.41) is 139. The molecule has 7 aliphatic rings. The molecule has 6 aromatic rings. The Morgan fingerprint density at radius 3 is 1.93 bits per heavy atom. The highest BCUT2D eigenvalue weighted by Crippen LogP contribution is 2.50. The highest BCUT2D eigenvalue weighted by atomic mass is 35.5. The number of aryl methyl sites for hydroxylation is 1. The number of phenols is 3. The zero-order valence-electron chi connectivity index (χ0n) is 63.5. The third-order valence-corrected chi connectivity index (χ3v) is 21.2. The molecular weight excluding hydrogens is 1560 g/mol. The molecule has 0 unspecified atom stereocenters. The van der Waals surface area contributed by atoms with E-state index in [0.717, 1.165) is 91.6 Å². The van der Waals surface area contributed by atoms with Gasteiger partial charge in [-0.2, -0.15) is 0 Å². The number of carbonyl (C=O) groups is 9. The topological polar surface area (TPSA) is 546 Å². The average molecular weight is 1650 g/mol. The zero-order chi connectivity index (χ0) is 84.0. The van der Waals surface area contributed by atoms with Gasteiger partial charge in [0.1, 0.15) is 95.6 Å². The van der Waals surface area contributed by atoms with Crippen LogP contribution in [-0.4, -0.2) is 203 Å². The lowest BCUT2D eigenvalue weighted by Gasteiger charge is -2.48. The van der Waals surface area contributed by atoms with Gasteiger partial charge in [-0.05, 0) is 134 Å². The first-order chi connectivity index (χ1) is 55.1. The second-order valence-electron chi connectivity index (χ2n) is 29.7. The van der Waals surface area contributed by atoms with Crippen LogP contribution in [0, 0.1) is 5.92 Å². The molecule has 11 bridgehead atoms. The van der Waals surface area contributed by atoms with Crippen LogP contribution >= 0.6 is 23.2 Å². The molecule has 35 nitrogen and oxygen atoms in total. The van der Waals surface area contributed by atoms with Crippen molar-refractivity contribution >= 4 is 76.4 Å². The lowest BCUT2D eigenvalue weighted by atomic mass is 9.85. The van der Waals surface area contributed by atoms with Crippen LogP contribution in [0.5, 0.6) is 46.0 Å². The third kappa shape index (κ3) is 19.4. The van der Waals surface area contributed by atoms with E-state index in [0.29, 0.717) is 6.54 Å². The van der Waals surface area contributed by atoms with Gasteiger partial charge in [0.05, 0.1) is 47.3 Å². The maximum Gasteiger partial charge on any atom is 0.330 e. The number of aliphatic carboxylic acids is 1. The number of hydrogen-bond donors (Lipinski definition) is 20. The fourth-order valence-corrected chi connectivity index (χ4v) is 14.9. The number of rotatable bonds is 21. The lowest BCUT2D eigenvalue weighted by Crippen LogP contribution is -2.66. The summed E-state index contributed by atoms with van der Waals surface area (Å²) in [6.07, 6.45) is -16.6. The number of carboxylic acid groups (broad SMARTS) is 1. The maximum absolute atomic E-state index is 16.2. The highest BCUT2D eigenvalue weighted by Gasteiger charge is 2.53. The van der Waals surface area contributed by atoms with Gasteiger partial charge < -0.3 is 133 Å². The lowest BCUT2D eigenvalue weighted by molar-refractivity contribution is -0.334. The predicted molar refractivity (Wildman–Crippen MR) is 410 cm³/mol. The molecule has 37 heteroatoms. The quantitative estimate of drug-likeness (QED) is 0.0492. The molecule has 0 saturated carbocycles. The Bertz CT molecular complexity index is 4720. The van der Waals surface area contributed by atoms with E-state index in [-0.39, 0.29) is 52.8 Å². The van der Waals surface area contributed by atoms with E-state index >= 15 is 14.4 Å². The van der Waals surface area contributed by atoms with E-state index in [1.165, 1.54) is 38.6 Å². The normalized spacial score (nSPS) is 27.1. The van der Waals surface area contributed by atoms with E-state index in [4.69, 9.17) is 57.4 Å². The van der Waals surface area contributed by atoms with E-state index in [2.05, 4.69) is 54.8 Å². The number of carbonyl (C=O) groups excluding carboxylic acids is 8. The van der Waals surface area contributed by atoms with Gasteiger partial charge in [0.15, 0.2) is 29.9 Å². The van der Waals surface area contributed by atoms with Crippen molar-refractivity contribution in [2.75, 3.05) is 20.2 Å². The number of aliphatic hydroxyl groups is 6. The molecule has 2 fully saturated rings.